The Bertz CT molecular complexity index is 226. The minimum atomic E-state index is -0.352. The molecule has 0 aromatic carbocycles. The summed E-state index contributed by atoms with van der Waals surface area (Å²) >= 11 is 0. The molecule has 0 saturated heterocycles. The molecule has 88 valence electrons. The predicted molar refractivity (Wildman–Crippen MR) is 60.5 cm³/mol. The van der Waals surface area contributed by atoms with E-state index >= 15 is 0 Å². The third kappa shape index (κ3) is 3.20. The predicted octanol–water partition coefficient (Wildman–Crippen LogP) is 1.84. The van der Waals surface area contributed by atoms with Crippen LogP contribution in [0.3, 0.4) is 0 Å². The number of carbonyl (C=O) groups excluding carboxylic acids is 1. The Hall–Kier alpha value is -0.570. The lowest BCUT2D eigenvalue weighted by Crippen LogP contribution is -2.49. The maximum atomic E-state index is 11.9. The topological polar surface area (TPSA) is 49.3 Å². The van der Waals surface area contributed by atoms with E-state index in [4.69, 9.17) is 0 Å². The highest BCUT2D eigenvalue weighted by atomic mass is 16.3. The van der Waals surface area contributed by atoms with Crippen molar-refractivity contribution >= 4 is 5.91 Å². The quantitative estimate of drug-likeness (QED) is 0.751. The van der Waals surface area contributed by atoms with Crippen molar-refractivity contribution < 1.29 is 9.90 Å². The fraction of sp³-hybridized carbons (Fsp3) is 0.917. The number of nitrogens with one attached hydrogen (secondary N) is 1. The molecular weight excluding hydrogens is 190 g/mol. The fourth-order valence-corrected chi connectivity index (χ4v) is 1.80. The Morgan fingerprint density at radius 3 is 2.53 bits per heavy atom. The summed E-state index contributed by atoms with van der Waals surface area (Å²) in [5, 5.41) is 12.7. The summed E-state index contributed by atoms with van der Waals surface area (Å²) in [4.78, 5) is 11.9. The van der Waals surface area contributed by atoms with E-state index in [9.17, 15) is 9.90 Å². The zero-order valence-corrected chi connectivity index (χ0v) is 10.0. The van der Waals surface area contributed by atoms with Crippen molar-refractivity contribution in [3.63, 3.8) is 0 Å². The molecule has 0 aliphatic heterocycles. The number of amides is 1. The third-order valence-corrected chi connectivity index (χ3v) is 3.54. The van der Waals surface area contributed by atoms with E-state index < -0.39 is 0 Å². The number of aliphatic hydroxyl groups excluding tert-OH is 1. The maximum Gasteiger partial charge on any atom is 0.225 e. The summed E-state index contributed by atoms with van der Waals surface area (Å²) < 4.78 is 0. The second kappa shape index (κ2) is 4.97. The van der Waals surface area contributed by atoms with E-state index in [0.717, 1.165) is 32.1 Å². The van der Waals surface area contributed by atoms with Crippen LogP contribution in [-0.2, 0) is 4.79 Å². The van der Waals surface area contributed by atoms with E-state index in [2.05, 4.69) is 5.32 Å². The van der Waals surface area contributed by atoms with Gasteiger partial charge >= 0.3 is 0 Å². The number of aliphatic hydroxyl groups is 1. The van der Waals surface area contributed by atoms with Gasteiger partial charge in [-0.2, -0.15) is 0 Å². The minimum Gasteiger partial charge on any atom is -0.391 e. The SMILES string of the molecule is CCC(C)(C)C(=O)N[C@@H]1CCCC[C@H]1O. The molecule has 2 atom stereocenters. The average Bonchev–Trinajstić information content (AvgIpc) is 2.21. The maximum absolute atomic E-state index is 11.9. The van der Waals surface area contributed by atoms with Crippen LogP contribution in [0.25, 0.3) is 0 Å². The Balaban J connectivity index is 2.50. The largest absolute Gasteiger partial charge is 0.391 e. The summed E-state index contributed by atoms with van der Waals surface area (Å²) in [5.41, 5.74) is -0.322. The van der Waals surface area contributed by atoms with Gasteiger partial charge in [0.1, 0.15) is 0 Å². The van der Waals surface area contributed by atoms with Gasteiger partial charge in [0.15, 0.2) is 0 Å². The molecule has 1 fully saturated rings. The van der Waals surface area contributed by atoms with E-state index in [1.807, 2.05) is 20.8 Å². The van der Waals surface area contributed by atoms with Gasteiger partial charge < -0.3 is 10.4 Å². The first-order chi connectivity index (χ1) is 6.97. The van der Waals surface area contributed by atoms with Crippen LogP contribution < -0.4 is 5.32 Å². The molecule has 1 amide bonds. The minimum absolute atomic E-state index is 0.0305. The molecule has 1 aliphatic rings. The molecule has 2 N–H and O–H groups in total. The van der Waals surface area contributed by atoms with Crippen molar-refractivity contribution in [2.45, 2.75) is 65.0 Å². The number of rotatable bonds is 3. The normalized spacial score (nSPS) is 27.5. The van der Waals surface area contributed by atoms with Crippen LogP contribution in [0.2, 0.25) is 0 Å². The van der Waals surface area contributed by atoms with Gasteiger partial charge in [0.05, 0.1) is 12.1 Å². The second-order valence-electron chi connectivity index (χ2n) is 5.17. The van der Waals surface area contributed by atoms with Gasteiger partial charge in [0.2, 0.25) is 5.91 Å². The number of hydrogen-bond donors (Lipinski definition) is 2. The molecule has 0 heterocycles. The van der Waals surface area contributed by atoms with Crippen LogP contribution in [0.4, 0.5) is 0 Å². The molecule has 0 bridgehead atoms. The van der Waals surface area contributed by atoms with Gasteiger partial charge in [-0.15, -0.1) is 0 Å². The number of carbonyl (C=O) groups is 1. The fourth-order valence-electron chi connectivity index (χ4n) is 1.80. The summed E-state index contributed by atoms with van der Waals surface area (Å²) in [7, 11) is 0. The third-order valence-electron chi connectivity index (χ3n) is 3.54. The highest BCUT2D eigenvalue weighted by Gasteiger charge is 2.30. The highest BCUT2D eigenvalue weighted by Crippen LogP contribution is 2.23. The molecule has 0 aromatic rings. The molecule has 1 saturated carbocycles. The molecule has 0 unspecified atom stereocenters. The highest BCUT2D eigenvalue weighted by molar-refractivity contribution is 5.82. The Kier molecular flexibility index (Phi) is 4.14. The van der Waals surface area contributed by atoms with E-state index in [0.29, 0.717) is 0 Å². The first-order valence-electron chi connectivity index (χ1n) is 5.96. The molecule has 1 aliphatic carbocycles. The van der Waals surface area contributed by atoms with Crippen molar-refractivity contribution in [1.29, 1.82) is 0 Å². The lowest BCUT2D eigenvalue weighted by molar-refractivity contribution is -0.131. The lowest BCUT2D eigenvalue weighted by atomic mass is 9.87. The zero-order valence-electron chi connectivity index (χ0n) is 10.0. The van der Waals surface area contributed by atoms with Crippen LogP contribution in [0.1, 0.15) is 52.9 Å². The van der Waals surface area contributed by atoms with Gasteiger partial charge in [-0.1, -0.05) is 33.6 Å². The van der Waals surface area contributed by atoms with Gasteiger partial charge in [0.25, 0.3) is 0 Å². The molecule has 0 aromatic heterocycles. The van der Waals surface area contributed by atoms with Gasteiger partial charge in [-0.3, -0.25) is 4.79 Å². The summed E-state index contributed by atoms with van der Waals surface area (Å²) in [6.45, 7) is 5.89. The molecule has 15 heavy (non-hydrogen) atoms. The summed E-state index contributed by atoms with van der Waals surface area (Å²) in [6.07, 6.45) is 4.38. The molecule has 3 heteroatoms. The molecule has 0 spiro atoms. The zero-order chi connectivity index (χ0) is 11.5. The molecule has 3 nitrogen and oxygen atoms in total. The second-order valence-corrected chi connectivity index (χ2v) is 5.17. The van der Waals surface area contributed by atoms with Crippen molar-refractivity contribution in [1.82, 2.24) is 5.32 Å². The van der Waals surface area contributed by atoms with Crippen LogP contribution in [0, 0.1) is 5.41 Å². The standard InChI is InChI=1S/C12H23NO2/c1-4-12(2,3)11(15)13-9-7-5-6-8-10(9)14/h9-10,14H,4-8H2,1-3H3,(H,13,15)/t9-,10-/m1/s1. The van der Waals surface area contributed by atoms with Crippen LogP contribution in [-0.4, -0.2) is 23.2 Å². The molecule has 0 radical (unpaired) electrons. The van der Waals surface area contributed by atoms with Crippen molar-refractivity contribution in [2.75, 3.05) is 0 Å². The van der Waals surface area contributed by atoms with Crippen molar-refractivity contribution in [2.24, 2.45) is 5.41 Å². The first kappa shape index (κ1) is 12.5. The smallest absolute Gasteiger partial charge is 0.225 e. The van der Waals surface area contributed by atoms with Gasteiger partial charge in [0, 0.05) is 5.41 Å². The van der Waals surface area contributed by atoms with E-state index in [-0.39, 0.29) is 23.5 Å². The van der Waals surface area contributed by atoms with Crippen LogP contribution >= 0.6 is 0 Å². The lowest BCUT2D eigenvalue weighted by Gasteiger charge is -2.31. The average molecular weight is 213 g/mol. The van der Waals surface area contributed by atoms with E-state index in [1.54, 1.807) is 0 Å². The Morgan fingerprint density at radius 2 is 2.00 bits per heavy atom. The summed E-state index contributed by atoms with van der Waals surface area (Å²) in [5.74, 6) is 0.0657. The molecular formula is C12H23NO2. The number of hydrogen-bond acceptors (Lipinski definition) is 2. The monoisotopic (exact) mass is 213 g/mol. The van der Waals surface area contributed by atoms with E-state index in [1.165, 1.54) is 0 Å². The Morgan fingerprint density at radius 1 is 1.40 bits per heavy atom. The molecule has 1 rings (SSSR count). The van der Waals surface area contributed by atoms with Crippen LogP contribution in [0.5, 0.6) is 0 Å². The summed E-state index contributed by atoms with van der Waals surface area (Å²) in [6, 6.07) is -0.0305. The first-order valence-corrected chi connectivity index (χ1v) is 5.96. The van der Waals surface area contributed by atoms with Gasteiger partial charge in [-0.25, -0.2) is 0 Å². The van der Waals surface area contributed by atoms with Crippen LogP contribution in [0.15, 0.2) is 0 Å². The van der Waals surface area contributed by atoms with Crippen molar-refractivity contribution in [3.8, 4) is 0 Å². The van der Waals surface area contributed by atoms with Gasteiger partial charge in [-0.05, 0) is 19.3 Å². The van der Waals surface area contributed by atoms with Crippen molar-refractivity contribution in [3.05, 3.63) is 0 Å². The Labute approximate surface area is 92.3 Å².